The molecule has 2 N–H and O–H groups in total. The summed E-state index contributed by atoms with van der Waals surface area (Å²) in [6, 6.07) is 5.89. The number of furan rings is 1. The summed E-state index contributed by atoms with van der Waals surface area (Å²) in [5, 5.41) is 7.99. The van der Waals surface area contributed by atoms with Gasteiger partial charge in [0.05, 0.1) is 5.69 Å². The van der Waals surface area contributed by atoms with Crippen LogP contribution < -0.4 is 5.73 Å². The van der Waals surface area contributed by atoms with Crippen molar-refractivity contribution < 1.29 is 9.21 Å². The van der Waals surface area contributed by atoms with Crippen LogP contribution >= 0.6 is 0 Å². The van der Waals surface area contributed by atoms with Gasteiger partial charge in [-0.05, 0) is 36.1 Å². The van der Waals surface area contributed by atoms with Crippen molar-refractivity contribution in [1.29, 1.82) is 0 Å². The van der Waals surface area contributed by atoms with Crippen molar-refractivity contribution in [1.82, 2.24) is 15.1 Å². The van der Waals surface area contributed by atoms with Crippen LogP contribution in [0.2, 0.25) is 0 Å². The fourth-order valence-corrected chi connectivity index (χ4v) is 3.39. The van der Waals surface area contributed by atoms with Gasteiger partial charge in [-0.15, -0.1) is 5.10 Å². The number of carbonyl (C=O) groups excluding carboxylic acids is 1. The number of hydrogen-bond donors (Lipinski definition) is 1. The van der Waals surface area contributed by atoms with E-state index < -0.39 is 0 Å². The van der Waals surface area contributed by atoms with Gasteiger partial charge in [0, 0.05) is 38.3 Å². The highest BCUT2D eigenvalue weighted by atomic mass is 16.3. The topological polar surface area (TPSA) is 85.2 Å². The molecule has 4 rings (SSSR count). The van der Waals surface area contributed by atoms with Crippen LogP contribution in [0, 0.1) is 5.92 Å². The molecule has 1 amide bonds. The monoisotopic (exact) mass is 326 g/mol. The standard InChI is InChI=1S/C18H22N4O2/c1-11-8-14(11)16-4-2-13(24-16)3-5-18(23)22-7-6-15-12(10-22)9-17(19)21-20-15/h2,4,9,11,14H,3,5-8,10H2,1H3,(H2,19,21)/t11-,14+/m1/s1. The quantitative estimate of drug-likeness (QED) is 0.932. The Labute approximate surface area is 141 Å². The van der Waals surface area contributed by atoms with Crippen LogP contribution in [-0.4, -0.2) is 27.5 Å². The maximum atomic E-state index is 12.5. The van der Waals surface area contributed by atoms with E-state index in [-0.39, 0.29) is 5.91 Å². The maximum Gasteiger partial charge on any atom is 0.223 e. The van der Waals surface area contributed by atoms with Crippen LogP contribution in [0.1, 0.15) is 48.5 Å². The highest BCUT2D eigenvalue weighted by Gasteiger charge is 2.36. The highest BCUT2D eigenvalue weighted by Crippen LogP contribution is 2.47. The Hall–Kier alpha value is -2.37. The van der Waals surface area contributed by atoms with Gasteiger partial charge in [0.25, 0.3) is 0 Å². The predicted octanol–water partition coefficient (Wildman–Crippen LogP) is 2.29. The summed E-state index contributed by atoms with van der Waals surface area (Å²) in [6.07, 6.45) is 3.07. The minimum atomic E-state index is 0.147. The number of anilines is 1. The Bertz CT molecular complexity index is 770. The van der Waals surface area contributed by atoms with Crippen molar-refractivity contribution in [2.45, 2.75) is 45.1 Å². The first kappa shape index (κ1) is 15.2. The smallest absolute Gasteiger partial charge is 0.223 e. The summed E-state index contributed by atoms with van der Waals surface area (Å²) >= 11 is 0. The second-order valence-electron chi connectivity index (χ2n) is 6.93. The van der Waals surface area contributed by atoms with Crippen molar-refractivity contribution in [3.8, 4) is 0 Å². The lowest BCUT2D eigenvalue weighted by molar-refractivity contribution is -0.132. The van der Waals surface area contributed by atoms with E-state index in [1.54, 1.807) is 0 Å². The van der Waals surface area contributed by atoms with E-state index in [4.69, 9.17) is 10.2 Å². The van der Waals surface area contributed by atoms with Crippen LogP contribution in [-0.2, 0) is 24.2 Å². The molecule has 0 saturated heterocycles. The minimum absolute atomic E-state index is 0.147. The number of rotatable bonds is 4. The molecule has 0 aromatic carbocycles. The molecule has 2 aliphatic rings. The third-order valence-electron chi connectivity index (χ3n) is 5.05. The third-order valence-corrected chi connectivity index (χ3v) is 5.05. The number of hydrogen-bond acceptors (Lipinski definition) is 5. The summed E-state index contributed by atoms with van der Waals surface area (Å²) < 4.78 is 5.88. The Morgan fingerprint density at radius 2 is 2.25 bits per heavy atom. The average Bonchev–Trinajstić information content (AvgIpc) is 3.12. The molecule has 6 nitrogen and oxygen atoms in total. The van der Waals surface area contributed by atoms with Crippen LogP contribution in [0.25, 0.3) is 0 Å². The molecule has 6 heteroatoms. The van der Waals surface area contributed by atoms with E-state index in [0.29, 0.717) is 37.7 Å². The molecule has 24 heavy (non-hydrogen) atoms. The zero-order valence-electron chi connectivity index (χ0n) is 13.9. The van der Waals surface area contributed by atoms with Gasteiger partial charge in [-0.1, -0.05) is 6.92 Å². The first-order chi connectivity index (χ1) is 11.6. The predicted molar refractivity (Wildman–Crippen MR) is 89.1 cm³/mol. The molecule has 0 bridgehead atoms. The van der Waals surface area contributed by atoms with E-state index in [0.717, 1.165) is 35.1 Å². The van der Waals surface area contributed by atoms with Crippen molar-refractivity contribution in [2.75, 3.05) is 12.3 Å². The first-order valence-corrected chi connectivity index (χ1v) is 8.57. The van der Waals surface area contributed by atoms with Gasteiger partial charge in [0.15, 0.2) is 0 Å². The second kappa shape index (κ2) is 5.92. The number of aryl methyl sites for hydroxylation is 1. The summed E-state index contributed by atoms with van der Waals surface area (Å²) in [7, 11) is 0. The zero-order valence-corrected chi connectivity index (χ0v) is 13.9. The van der Waals surface area contributed by atoms with Crippen LogP contribution in [0.4, 0.5) is 5.82 Å². The minimum Gasteiger partial charge on any atom is -0.466 e. The van der Waals surface area contributed by atoms with Gasteiger partial charge in [-0.25, -0.2) is 0 Å². The van der Waals surface area contributed by atoms with E-state index in [9.17, 15) is 4.79 Å². The van der Waals surface area contributed by atoms with Crippen molar-refractivity contribution in [3.05, 3.63) is 41.0 Å². The zero-order chi connectivity index (χ0) is 16.7. The summed E-state index contributed by atoms with van der Waals surface area (Å²) in [4.78, 5) is 14.4. The Kier molecular flexibility index (Phi) is 3.75. The summed E-state index contributed by atoms with van der Waals surface area (Å²) in [5.41, 5.74) is 7.64. The lowest BCUT2D eigenvalue weighted by Crippen LogP contribution is -2.36. The van der Waals surface area contributed by atoms with E-state index in [2.05, 4.69) is 23.2 Å². The number of nitrogens with zero attached hydrogens (tertiary/aromatic N) is 3. The molecular formula is C18H22N4O2. The summed E-state index contributed by atoms with van der Waals surface area (Å²) in [5.74, 6) is 3.85. The Morgan fingerprint density at radius 1 is 1.42 bits per heavy atom. The van der Waals surface area contributed by atoms with E-state index >= 15 is 0 Å². The van der Waals surface area contributed by atoms with Gasteiger partial charge in [-0.2, -0.15) is 5.10 Å². The SMILES string of the molecule is C[C@@H]1C[C@@H]1c1ccc(CCC(=O)N2CCc3nnc(N)cc3C2)o1. The number of carbonyl (C=O) groups is 1. The van der Waals surface area contributed by atoms with Crippen molar-refractivity contribution >= 4 is 11.7 Å². The molecule has 3 heterocycles. The Balaban J connectivity index is 1.34. The number of nitrogens with two attached hydrogens (primary N) is 1. The van der Waals surface area contributed by atoms with Crippen LogP contribution in [0.15, 0.2) is 22.6 Å². The fourth-order valence-electron chi connectivity index (χ4n) is 3.39. The van der Waals surface area contributed by atoms with Gasteiger partial charge in [0.2, 0.25) is 5.91 Å². The molecule has 1 aliphatic heterocycles. The van der Waals surface area contributed by atoms with Crippen molar-refractivity contribution in [3.63, 3.8) is 0 Å². The molecule has 2 atom stereocenters. The number of aromatic nitrogens is 2. The largest absolute Gasteiger partial charge is 0.466 e. The normalized spacial score (nSPS) is 22.3. The molecule has 2 aromatic heterocycles. The summed E-state index contributed by atoms with van der Waals surface area (Å²) in [6.45, 7) is 3.49. The second-order valence-corrected chi connectivity index (χ2v) is 6.93. The van der Waals surface area contributed by atoms with Gasteiger partial charge < -0.3 is 15.1 Å². The van der Waals surface area contributed by atoms with Gasteiger partial charge in [-0.3, -0.25) is 4.79 Å². The maximum absolute atomic E-state index is 12.5. The molecule has 1 fully saturated rings. The van der Waals surface area contributed by atoms with Crippen molar-refractivity contribution in [2.24, 2.45) is 5.92 Å². The average molecular weight is 326 g/mol. The molecule has 126 valence electrons. The lowest BCUT2D eigenvalue weighted by atomic mass is 10.1. The molecule has 0 unspecified atom stereocenters. The fraction of sp³-hybridized carbons (Fsp3) is 0.500. The third kappa shape index (κ3) is 3.00. The molecule has 0 spiro atoms. The van der Waals surface area contributed by atoms with E-state index in [1.165, 1.54) is 6.42 Å². The molecule has 2 aromatic rings. The van der Waals surface area contributed by atoms with Crippen LogP contribution in [0.3, 0.4) is 0 Å². The Morgan fingerprint density at radius 3 is 3.04 bits per heavy atom. The van der Waals surface area contributed by atoms with Gasteiger partial charge in [0.1, 0.15) is 17.3 Å². The number of amides is 1. The number of nitrogen functional groups attached to an aromatic ring is 1. The van der Waals surface area contributed by atoms with E-state index in [1.807, 2.05) is 17.0 Å². The lowest BCUT2D eigenvalue weighted by Gasteiger charge is -2.28. The molecule has 1 aliphatic carbocycles. The molecule has 0 radical (unpaired) electrons. The molecule has 1 saturated carbocycles. The molecular weight excluding hydrogens is 304 g/mol. The highest BCUT2D eigenvalue weighted by molar-refractivity contribution is 5.76. The van der Waals surface area contributed by atoms with Crippen LogP contribution in [0.5, 0.6) is 0 Å². The van der Waals surface area contributed by atoms with Gasteiger partial charge >= 0.3 is 0 Å². The first-order valence-electron chi connectivity index (χ1n) is 8.57. The number of fused-ring (bicyclic) bond motifs is 1.